The summed E-state index contributed by atoms with van der Waals surface area (Å²) < 4.78 is 0. The molecular weight excluding hydrogens is 276 g/mol. The van der Waals surface area contributed by atoms with Crippen molar-refractivity contribution in [2.24, 2.45) is 11.8 Å². The molecular formula is C18H26N2O2. The largest absolute Gasteiger partial charge is 0.326 e. The maximum absolute atomic E-state index is 12.2. The van der Waals surface area contributed by atoms with E-state index in [2.05, 4.69) is 10.6 Å². The average molecular weight is 302 g/mol. The van der Waals surface area contributed by atoms with Crippen LogP contribution in [0.15, 0.2) is 24.3 Å². The van der Waals surface area contributed by atoms with Crippen molar-refractivity contribution in [3.8, 4) is 0 Å². The molecule has 2 N–H and O–H groups in total. The molecule has 0 radical (unpaired) electrons. The van der Waals surface area contributed by atoms with E-state index in [1.807, 2.05) is 38.1 Å². The van der Waals surface area contributed by atoms with E-state index in [1.165, 1.54) is 6.42 Å². The highest BCUT2D eigenvalue weighted by Crippen LogP contribution is 2.25. The van der Waals surface area contributed by atoms with Gasteiger partial charge in [0.05, 0.1) is 0 Å². The predicted octanol–water partition coefficient (Wildman–Crippen LogP) is 4.19. The molecule has 1 aromatic carbocycles. The third-order valence-corrected chi connectivity index (χ3v) is 4.01. The second kappa shape index (κ2) is 7.97. The molecule has 2 rings (SSSR count). The van der Waals surface area contributed by atoms with Gasteiger partial charge < -0.3 is 10.6 Å². The highest BCUT2D eigenvalue weighted by molar-refractivity contribution is 5.94. The Labute approximate surface area is 132 Å². The molecule has 0 aromatic heterocycles. The van der Waals surface area contributed by atoms with Crippen LogP contribution >= 0.6 is 0 Å². The fraction of sp³-hybridized carbons (Fsp3) is 0.556. The number of benzene rings is 1. The molecule has 0 unspecified atom stereocenters. The highest BCUT2D eigenvalue weighted by atomic mass is 16.2. The van der Waals surface area contributed by atoms with Crippen molar-refractivity contribution in [2.45, 2.75) is 52.4 Å². The lowest BCUT2D eigenvalue weighted by Gasteiger charge is -2.20. The molecule has 0 aliphatic heterocycles. The van der Waals surface area contributed by atoms with Gasteiger partial charge in [0.1, 0.15) is 0 Å². The van der Waals surface area contributed by atoms with Crippen molar-refractivity contribution in [1.82, 2.24) is 0 Å². The maximum Gasteiger partial charge on any atom is 0.227 e. The Balaban J connectivity index is 1.86. The van der Waals surface area contributed by atoms with Crippen LogP contribution in [-0.4, -0.2) is 11.8 Å². The zero-order valence-corrected chi connectivity index (χ0v) is 13.5. The Kier molecular flexibility index (Phi) is 5.99. The van der Waals surface area contributed by atoms with Crippen molar-refractivity contribution in [3.63, 3.8) is 0 Å². The van der Waals surface area contributed by atoms with E-state index in [0.717, 1.165) is 37.1 Å². The first-order valence-corrected chi connectivity index (χ1v) is 8.25. The number of rotatable bonds is 5. The minimum Gasteiger partial charge on any atom is -0.326 e. The van der Waals surface area contributed by atoms with Crippen LogP contribution in [0.25, 0.3) is 0 Å². The van der Waals surface area contributed by atoms with Crippen molar-refractivity contribution >= 4 is 23.2 Å². The normalized spacial score (nSPS) is 15.6. The fourth-order valence-corrected chi connectivity index (χ4v) is 2.83. The molecule has 1 aliphatic carbocycles. The molecule has 120 valence electrons. The number of nitrogens with one attached hydrogen (secondary N) is 2. The lowest BCUT2D eigenvalue weighted by molar-refractivity contribution is -0.120. The van der Waals surface area contributed by atoms with E-state index in [0.29, 0.717) is 12.3 Å². The highest BCUT2D eigenvalue weighted by Gasteiger charge is 2.20. The molecule has 22 heavy (non-hydrogen) atoms. The lowest BCUT2D eigenvalue weighted by Crippen LogP contribution is -2.24. The minimum atomic E-state index is 0.0222. The van der Waals surface area contributed by atoms with Gasteiger partial charge in [0.2, 0.25) is 11.8 Å². The quantitative estimate of drug-likeness (QED) is 0.856. The van der Waals surface area contributed by atoms with Crippen LogP contribution in [0.2, 0.25) is 0 Å². The van der Waals surface area contributed by atoms with Crippen LogP contribution in [0.3, 0.4) is 0 Å². The molecule has 1 aromatic rings. The van der Waals surface area contributed by atoms with Crippen LogP contribution < -0.4 is 10.6 Å². The first-order valence-electron chi connectivity index (χ1n) is 8.25. The van der Waals surface area contributed by atoms with Crippen LogP contribution in [0.1, 0.15) is 52.4 Å². The summed E-state index contributed by atoms with van der Waals surface area (Å²) in [6.07, 6.45) is 6.05. The zero-order valence-electron chi connectivity index (χ0n) is 13.5. The van der Waals surface area contributed by atoms with E-state index in [4.69, 9.17) is 0 Å². The third kappa shape index (κ3) is 5.17. The number of hydrogen-bond acceptors (Lipinski definition) is 2. The summed E-state index contributed by atoms with van der Waals surface area (Å²) in [6.45, 7) is 4.03. The van der Waals surface area contributed by atoms with Crippen LogP contribution in [0.4, 0.5) is 11.4 Å². The number of anilines is 2. The first kappa shape index (κ1) is 16.5. The molecule has 1 saturated carbocycles. The van der Waals surface area contributed by atoms with Gasteiger partial charge in [-0.1, -0.05) is 33.1 Å². The van der Waals surface area contributed by atoms with Crippen molar-refractivity contribution < 1.29 is 9.59 Å². The topological polar surface area (TPSA) is 58.2 Å². The zero-order chi connectivity index (χ0) is 15.9. The summed E-state index contributed by atoms with van der Waals surface area (Å²) in [5.41, 5.74) is 1.55. The van der Waals surface area contributed by atoms with E-state index in [-0.39, 0.29) is 17.7 Å². The molecule has 2 amide bonds. The van der Waals surface area contributed by atoms with Crippen LogP contribution in [0.5, 0.6) is 0 Å². The number of carbonyl (C=O) groups is 2. The Morgan fingerprint density at radius 3 is 2.09 bits per heavy atom. The van der Waals surface area contributed by atoms with Crippen LogP contribution in [0, 0.1) is 11.8 Å². The summed E-state index contributed by atoms with van der Waals surface area (Å²) in [6, 6.07) is 7.33. The minimum absolute atomic E-state index is 0.0222. The van der Waals surface area contributed by atoms with E-state index >= 15 is 0 Å². The van der Waals surface area contributed by atoms with Gasteiger partial charge in [-0.05, 0) is 43.0 Å². The second-order valence-corrected chi connectivity index (χ2v) is 6.55. The summed E-state index contributed by atoms with van der Waals surface area (Å²) >= 11 is 0. The molecule has 0 bridgehead atoms. The Bertz CT molecular complexity index is 502. The fourth-order valence-electron chi connectivity index (χ4n) is 2.83. The molecule has 4 nitrogen and oxygen atoms in total. The molecule has 0 saturated heterocycles. The summed E-state index contributed by atoms with van der Waals surface area (Å²) in [5.74, 6) is 0.638. The Morgan fingerprint density at radius 2 is 1.55 bits per heavy atom. The van der Waals surface area contributed by atoms with Gasteiger partial charge in [-0.3, -0.25) is 9.59 Å². The van der Waals surface area contributed by atoms with Gasteiger partial charge in [-0.15, -0.1) is 0 Å². The molecule has 0 heterocycles. The van der Waals surface area contributed by atoms with Gasteiger partial charge in [-0.2, -0.15) is 0 Å². The van der Waals surface area contributed by atoms with Gasteiger partial charge in [0.25, 0.3) is 0 Å². The Hall–Kier alpha value is -1.84. The molecule has 0 spiro atoms. The molecule has 1 aliphatic rings. The smallest absolute Gasteiger partial charge is 0.227 e. The Morgan fingerprint density at radius 1 is 1.00 bits per heavy atom. The third-order valence-electron chi connectivity index (χ3n) is 4.01. The maximum atomic E-state index is 12.2. The number of hydrogen-bond donors (Lipinski definition) is 2. The SMILES string of the molecule is CC(C)CC(=O)Nc1ccc(NC(=O)C2CCCCC2)cc1. The van der Waals surface area contributed by atoms with Gasteiger partial charge >= 0.3 is 0 Å². The first-order chi connectivity index (χ1) is 10.5. The predicted molar refractivity (Wildman–Crippen MR) is 89.7 cm³/mol. The van der Waals surface area contributed by atoms with Crippen molar-refractivity contribution in [2.75, 3.05) is 10.6 Å². The standard InChI is InChI=1S/C18H26N2O2/c1-13(2)12-17(21)19-15-8-10-16(11-9-15)20-18(22)14-6-4-3-5-7-14/h8-11,13-14H,3-7,12H2,1-2H3,(H,19,21)(H,20,22). The monoisotopic (exact) mass is 302 g/mol. The van der Waals surface area contributed by atoms with E-state index in [9.17, 15) is 9.59 Å². The van der Waals surface area contributed by atoms with Gasteiger partial charge in [0, 0.05) is 23.7 Å². The lowest BCUT2D eigenvalue weighted by atomic mass is 9.88. The van der Waals surface area contributed by atoms with Gasteiger partial charge in [0.15, 0.2) is 0 Å². The molecule has 4 heteroatoms. The summed E-state index contributed by atoms with van der Waals surface area (Å²) in [7, 11) is 0. The van der Waals surface area contributed by atoms with Crippen molar-refractivity contribution in [3.05, 3.63) is 24.3 Å². The average Bonchev–Trinajstić information content (AvgIpc) is 2.49. The summed E-state index contributed by atoms with van der Waals surface area (Å²) in [5, 5.41) is 5.84. The number of amides is 2. The van der Waals surface area contributed by atoms with E-state index in [1.54, 1.807) is 0 Å². The second-order valence-electron chi connectivity index (χ2n) is 6.55. The van der Waals surface area contributed by atoms with Crippen molar-refractivity contribution in [1.29, 1.82) is 0 Å². The van der Waals surface area contributed by atoms with Gasteiger partial charge in [-0.25, -0.2) is 0 Å². The molecule has 0 atom stereocenters. The van der Waals surface area contributed by atoms with Crippen LogP contribution in [-0.2, 0) is 9.59 Å². The van der Waals surface area contributed by atoms with E-state index < -0.39 is 0 Å². The number of carbonyl (C=O) groups excluding carboxylic acids is 2. The summed E-state index contributed by atoms with van der Waals surface area (Å²) in [4.78, 5) is 23.9. The molecule has 1 fully saturated rings.